The fraction of sp³-hybridized carbons (Fsp3) is 0.263. The van der Waals surface area contributed by atoms with E-state index in [1.165, 1.54) is 5.56 Å². The van der Waals surface area contributed by atoms with Gasteiger partial charge in [0.1, 0.15) is 6.42 Å². The number of para-hydroxylation sites is 1. The van der Waals surface area contributed by atoms with Crippen molar-refractivity contribution in [1.82, 2.24) is 5.32 Å². The number of benzene rings is 2. The van der Waals surface area contributed by atoms with E-state index < -0.39 is 0 Å². The largest absolute Gasteiger partial charge is 0.352 e. The molecule has 2 rings (SSSR count). The molecule has 0 spiro atoms. The highest BCUT2D eigenvalue weighted by molar-refractivity contribution is 6.04. The van der Waals surface area contributed by atoms with E-state index in [0.717, 1.165) is 11.3 Å². The second-order valence-corrected chi connectivity index (χ2v) is 5.41. The maximum absolute atomic E-state index is 12.3. The lowest BCUT2D eigenvalue weighted by atomic mass is 10.1. The summed E-state index contributed by atoms with van der Waals surface area (Å²) in [6.07, 6.45) is -0.144. The topological polar surface area (TPSA) is 49.4 Å². The summed E-state index contributed by atoms with van der Waals surface area (Å²) in [6, 6.07) is 17.3. The maximum Gasteiger partial charge on any atom is 0.236 e. The zero-order valence-electron chi connectivity index (χ0n) is 13.6. The summed E-state index contributed by atoms with van der Waals surface area (Å²) in [5.74, 6) is -0.454. The second kappa shape index (κ2) is 8.13. The van der Waals surface area contributed by atoms with Gasteiger partial charge in [-0.3, -0.25) is 9.59 Å². The Morgan fingerprint density at radius 3 is 2.26 bits per heavy atom. The molecule has 0 bridgehead atoms. The van der Waals surface area contributed by atoms with Crippen molar-refractivity contribution in [3.8, 4) is 0 Å². The predicted octanol–water partition coefficient (Wildman–Crippen LogP) is 3.05. The Balaban J connectivity index is 1.88. The number of anilines is 1. The molecule has 1 N–H and O–H groups in total. The van der Waals surface area contributed by atoms with Crippen LogP contribution >= 0.6 is 0 Å². The van der Waals surface area contributed by atoms with Crippen LogP contribution in [0.5, 0.6) is 0 Å². The van der Waals surface area contributed by atoms with Gasteiger partial charge in [-0.15, -0.1) is 0 Å². The van der Waals surface area contributed by atoms with Crippen molar-refractivity contribution in [2.75, 3.05) is 11.4 Å². The van der Waals surface area contributed by atoms with E-state index in [1.807, 2.05) is 68.4 Å². The van der Waals surface area contributed by atoms with Crippen LogP contribution in [0.4, 0.5) is 5.69 Å². The Morgan fingerprint density at radius 2 is 1.65 bits per heavy atom. The van der Waals surface area contributed by atoms with Crippen LogP contribution in [0.2, 0.25) is 0 Å². The summed E-state index contributed by atoms with van der Waals surface area (Å²) in [6.45, 7) is 4.89. The van der Waals surface area contributed by atoms with Gasteiger partial charge in [-0.05, 0) is 31.5 Å². The number of nitrogens with zero attached hydrogens (tertiary/aromatic N) is 1. The van der Waals surface area contributed by atoms with Crippen molar-refractivity contribution in [1.29, 1.82) is 0 Å². The van der Waals surface area contributed by atoms with E-state index in [-0.39, 0.29) is 18.2 Å². The van der Waals surface area contributed by atoms with Gasteiger partial charge in [-0.25, -0.2) is 0 Å². The molecule has 0 heterocycles. The number of amides is 2. The van der Waals surface area contributed by atoms with Gasteiger partial charge < -0.3 is 10.2 Å². The van der Waals surface area contributed by atoms with Crippen molar-refractivity contribution in [2.24, 2.45) is 0 Å². The zero-order valence-corrected chi connectivity index (χ0v) is 13.6. The van der Waals surface area contributed by atoms with Crippen LogP contribution in [0.3, 0.4) is 0 Å². The van der Waals surface area contributed by atoms with Crippen LogP contribution in [0.1, 0.15) is 24.5 Å². The molecule has 0 saturated carbocycles. The molecule has 0 aliphatic carbocycles. The van der Waals surface area contributed by atoms with Gasteiger partial charge in [0.05, 0.1) is 0 Å². The molecule has 2 aromatic carbocycles. The SMILES string of the molecule is CCN(C(=O)CC(=O)NCc1ccc(C)cc1)c1ccccc1. The van der Waals surface area contributed by atoms with Crippen LogP contribution < -0.4 is 10.2 Å². The molecular formula is C19H22N2O2. The van der Waals surface area contributed by atoms with Gasteiger partial charge in [0.25, 0.3) is 0 Å². The minimum Gasteiger partial charge on any atom is -0.352 e. The fourth-order valence-corrected chi connectivity index (χ4v) is 2.31. The number of nitrogens with one attached hydrogen (secondary N) is 1. The van der Waals surface area contributed by atoms with E-state index in [9.17, 15) is 9.59 Å². The Morgan fingerprint density at radius 1 is 1.00 bits per heavy atom. The van der Waals surface area contributed by atoms with Gasteiger partial charge in [-0.1, -0.05) is 48.0 Å². The molecule has 4 nitrogen and oxygen atoms in total. The molecule has 2 amide bonds. The van der Waals surface area contributed by atoms with Crippen molar-refractivity contribution in [3.63, 3.8) is 0 Å². The third kappa shape index (κ3) is 4.95. The number of carbonyl (C=O) groups is 2. The first kappa shape index (κ1) is 16.7. The average Bonchev–Trinajstić information content (AvgIpc) is 2.56. The fourth-order valence-electron chi connectivity index (χ4n) is 2.31. The molecule has 0 aliphatic rings. The summed E-state index contributed by atoms with van der Waals surface area (Å²) in [4.78, 5) is 25.9. The van der Waals surface area contributed by atoms with Crippen molar-refractivity contribution < 1.29 is 9.59 Å². The number of rotatable bonds is 6. The van der Waals surface area contributed by atoms with Crippen LogP contribution in [0.25, 0.3) is 0 Å². The van der Waals surface area contributed by atoms with Crippen LogP contribution in [0, 0.1) is 6.92 Å². The molecule has 0 saturated heterocycles. The van der Waals surface area contributed by atoms with E-state index in [0.29, 0.717) is 13.1 Å². The van der Waals surface area contributed by atoms with E-state index in [4.69, 9.17) is 0 Å². The number of aryl methyl sites for hydroxylation is 1. The van der Waals surface area contributed by atoms with E-state index in [2.05, 4.69) is 5.32 Å². The normalized spacial score (nSPS) is 10.2. The molecule has 0 aliphatic heterocycles. The molecule has 120 valence electrons. The van der Waals surface area contributed by atoms with Gasteiger partial charge in [0.2, 0.25) is 11.8 Å². The zero-order chi connectivity index (χ0) is 16.7. The Kier molecular flexibility index (Phi) is 5.92. The van der Waals surface area contributed by atoms with E-state index in [1.54, 1.807) is 4.90 Å². The molecule has 23 heavy (non-hydrogen) atoms. The standard InChI is InChI=1S/C19H22N2O2/c1-3-21(17-7-5-4-6-8-17)19(23)13-18(22)20-14-16-11-9-15(2)10-12-16/h4-12H,3,13-14H2,1-2H3,(H,20,22). The lowest BCUT2D eigenvalue weighted by molar-refractivity contribution is -0.128. The highest BCUT2D eigenvalue weighted by Crippen LogP contribution is 2.14. The van der Waals surface area contributed by atoms with Crippen molar-refractivity contribution in [3.05, 3.63) is 65.7 Å². The van der Waals surface area contributed by atoms with Crippen LogP contribution in [0.15, 0.2) is 54.6 Å². The quantitative estimate of drug-likeness (QED) is 0.834. The van der Waals surface area contributed by atoms with E-state index >= 15 is 0 Å². The second-order valence-electron chi connectivity index (χ2n) is 5.41. The minimum atomic E-state index is -0.259. The van der Waals surface area contributed by atoms with Gasteiger partial charge >= 0.3 is 0 Å². The number of hydrogen-bond acceptors (Lipinski definition) is 2. The molecule has 0 aromatic heterocycles. The average molecular weight is 310 g/mol. The molecule has 4 heteroatoms. The highest BCUT2D eigenvalue weighted by atomic mass is 16.2. The lowest BCUT2D eigenvalue weighted by Crippen LogP contribution is -2.35. The summed E-state index contributed by atoms with van der Waals surface area (Å²) >= 11 is 0. The third-order valence-electron chi connectivity index (χ3n) is 3.61. The van der Waals surface area contributed by atoms with Gasteiger partial charge in [0, 0.05) is 18.8 Å². The molecule has 0 fully saturated rings. The maximum atomic E-state index is 12.3. The Labute approximate surface area is 137 Å². The molecule has 0 radical (unpaired) electrons. The van der Waals surface area contributed by atoms with Crippen molar-refractivity contribution >= 4 is 17.5 Å². The first-order valence-corrected chi connectivity index (χ1v) is 7.78. The van der Waals surface area contributed by atoms with Crippen molar-refractivity contribution in [2.45, 2.75) is 26.8 Å². The number of hydrogen-bond donors (Lipinski definition) is 1. The Hall–Kier alpha value is -2.62. The third-order valence-corrected chi connectivity index (χ3v) is 3.61. The highest BCUT2D eigenvalue weighted by Gasteiger charge is 2.17. The molecule has 0 atom stereocenters. The van der Waals surface area contributed by atoms with Gasteiger partial charge in [0.15, 0.2) is 0 Å². The smallest absolute Gasteiger partial charge is 0.236 e. The van der Waals surface area contributed by atoms with Crippen LogP contribution in [-0.2, 0) is 16.1 Å². The van der Waals surface area contributed by atoms with Crippen LogP contribution in [-0.4, -0.2) is 18.4 Å². The molecular weight excluding hydrogens is 288 g/mol. The number of carbonyl (C=O) groups excluding carboxylic acids is 2. The summed E-state index contributed by atoms with van der Waals surface area (Å²) in [7, 11) is 0. The minimum absolute atomic E-state index is 0.144. The molecule has 2 aromatic rings. The first-order valence-electron chi connectivity index (χ1n) is 7.78. The molecule has 0 unspecified atom stereocenters. The summed E-state index contributed by atoms with van der Waals surface area (Å²) in [5, 5.41) is 2.79. The summed E-state index contributed by atoms with van der Waals surface area (Å²) in [5.41, 5.74) is 3.01. The predicted molar refractivity (Wildman–Crippen MR) is 92.1 cm³/mol. The monoisotopic (exact) mass is 310 g/mol. The summed E-state index contributed by atoms with van der Waals surface area (Å²) < 4.78 is 0. The Bertz CT molecular complexity index is 651. The lowest BCUT2D eigenvalue weighted by Gasteiger charge is -2.20. The first-order chi connectivity index (χ1) is 11.1. The van der Waals surface area contributed by atoms with Gasteiger partial charge in [-0.2, -0.15) is 0 Å².